The van der Waals surface area contributed by atoms with E-state index in [-0.39, 0.29) is 5.56 Å². The molecule has 12 heavy (non-hydrogen) atoms. The van der Waals surface area contributed by atoms with E-state index in [1.165, 1.54) is 6.07 Å². The average Bonchev–Trinajstić information content (AvgIpc) is 1.85. The molecule has 0 spiro atoms. The van der Waals surface area contributed by atoms with E-state index in [1.807, 2.05) is 0 Å². The lowest BCUT2D eigenvalue weighted by atomic mass is 10.5. The normalized spacial score (nSPS) is 9.83. The number of rotatable bonds is 0. The van der Waals surface area contributed by atoms with Gasteiger partial charge in [0.15, 0.2) is 0 Å². The monoisotopic (exact) mass is 193 g/mol. The van der Waals surface area contributed by atoms with Crippen LogP contribution in [0.2, 0.25) is 0 Å². The Kier molecular flexibility index (Phi) is 4.19. The Morgan fingerprint density at radius 3 is 1.92 bits per heavy atom. The van der Waals surface area contributed by atoms with Crippen LogP contribution in [0.1, 0.15) is 0 Å². The molecule has 1 aromatic heterocycles. The molecule has 0 unspecified atom stereocenters. The average molecular weight is 193 g/mol. The first kappa shape index (κ1) is 10.8. The first-order valence-electron chi connectivity index (χ1n) is 2.73. The zero-order valence-corrected chi connectivity index (χ0v) is 6.65. The van der Waals surface area contributed by atoms with Crippen LogP contribution in [-0.2, 0) is 10.4 Å². The Balaban J connectivity index is 0.000000217. The molecule has 1 heterocycles. The van der Waals surface area contributed by atoms with Crippen molar-refractivity contribution >= 4 is 10.4 Å². The summed E-state index contributed by atoms with van der Waals surface area (Å²) >= 11 is 0. The molecule has 0 fully saturated rings. The van der Waals surface area contributed by atoms with E-state index >= 15 is 0 Å². The lowest BCUT2D eigenvalue weighted by molar-refractivity contribution is 0.381. The number of aromatic nitrogens is 1. The zero-order valence-electron chi connectivity index (χ0n) is 5.84. The second-order valence-electron chi connectivity index (χ2n) is 1.67. The summed E-state index contributed by atoms with van der Waals surface area (Å²) in [6, 6.07) is 4.93. The molecule has 0 aromatic carbocycles. The van der Waals surface area contributed by atoms with Crippen LogP contribution in [0.4, 0.5) is 0 Å². The Morgan fingerprint density at radius 2 is 1.75 bits per heavy atom. The van der Waals surface area contributed by atoms with E-state index in [4.69, 9.17) is 17.5 Å². The summed E-state index contributed by atoms with van der Waals surface area (Å²) < 4.78 is 31.6. The topological polar surface area (TPSA) is 107 Å². The minimum atomic E-state index is -4.67. The molecule has 0 atom stereocenters. The fraction of sp³-hybridized carbons (Fsp3) is 0. The summed E-state index contributed by atoms with van der Waals surface area (Å²) in [6.07, 6.45) is 1.60. The van der Waals surface area contributed by atoms with Crippen molar-refractivity contribution in [2.24, 2.45) is 0 Å². The number of hydrogen-bond donors (Lipinski definition) is 3. The standard InChI is InChI=1S/C5H5NO.H2O4S/c7-5-3-1-2-4-6-5;1-5(2,3)4/h1-4H,(H,6,7);(H2,1,2,3,4). The third-order valence-electron chi connectivity index (χ3n) is 0.681. The molecule has 1 rings (SSSR count). The number of pyridine rings is 1. The molecule has 0 amide bonds. The second-order valence-corrected chi connectivity index (χ2v) is 2.57. The predicted molar refractivity (Wildman–Crippen MR) is 41.2 cm³/mol. The molecular formula is C5H7NO5S. The van der Waals surface area contributed by atoms with Crippen molar-refractivity contribution in [2.75, 3.05) is 0 Å². The maximum Gasteiger partial charge on any atom is 0.394 e. The largest absolute Gasteiger partial charge is 0.394 e. The van der Waals surface area contributed by atoms with Crippen molar-refractivity contribution in [1.29, 1.82) is 0 Å². The lowest BCUT2D eigenvalue weighted by Crippen LogP contribution is -1.98. The van der Waals surface area contributed by atoms with Crippen LogP contribution < -0.4 is 5.56 Å². The molecule has 0 radical (unpaired) electrons. The minimum Gasteiger partial charge on any atom is -0.329 e. The van der Waals surface area contributed by atoms with Crippen molar-refractivity contribution < 1.29 is 17.5 Å². The highest BCUT2D eigenvalue weighted by molar-refractivity contribution is 7.79. The molecule has 0 aliphatic heterocycles. The first-order valence-corrected chi connectivity index (χ1v) is 4.13. The summed E-state index contributed by atoms with van der Waals surface area (Å²) in [5, 5.41) is 0. The fourth-order valence-corrected chi connectivity index (χ4v) is 0.377. The molecule has 0 aliphatic rings. The molecule has 68 valence electrons. The molecule has 3 N–H and O–H groups in total. The minimum absolute atomic E-state index is 0.0532. The van der Waals surface area contributed by atoms with Crippen LogP contribution in [0.5, 0.6) is 0 Å². The highest BCUT2D eigenvalue weighted by atomic mass is 32.3. The maximum absolute atomic E-state index is 10.2. The van der Waals surface area contributed by atoms with E-state index in [2.05, 4.69) is 4.98 Å². The van der Waals surface area contributed by atoms with Crippen molar-refractivity contribution in [1.82, 2.24) is 4.98 Å². The SMILES string of the molecule is O=S(=O)(O)O.O=c1cccc[nH]1. The van der Waals surface area contributed by atoms with Gasteiger partial charge in [0.25, 0.3) is 0 Å². The molecule has 0 saturated heterocycles. The van der Waals surface area contributed by atoms with Crippen molar-refractivity contribution in [3.63, 3.8) is 0 Å². The van der Waals surface area contributed by atoms with Gasteiger partial charge in [-0.25, -0.2) is 0 Å². The number of nitrogens with one attached hydrogen (secondary N) is 1. The molecule has 7 heteroatoms. The van der Waals surface area contributed by atoms with Gasteiger partial charge < -0.3 is 4.98 Å². The third-order valence-corrected chi connectivity index (χ3v) is 0.681. The lowest BCUT2D eigenvalue weighted by Gasteiger charge is -1.73. The van der Waals surface area contributed by atoms with E-state index in [0.29, 0.717) is 0 Å². The number of H-pyrrole nitrogens is 1. The summed E-state index contributed by atoms with van der Waals surface area (Å²) in [6.45, 7) is 0. The van der Waals surface area contributed by atoms with Crippen molar-refractivity contribution in [2.45, 2.75) is 0 Å². The van der Waals surface area contributed by atoms with E-state index < -0.39 is 10.4 Å². The molecule has 6 nitrogen and oxygen atoms in total. The summed E-state index contributed by atoms with van der Waals surface area (Å²) in [4.78, 5) is 12.7. The van der Waals surface area contributed by atoms with Crippen LogP contribution in [0.15, 0.2) is 29.2 Å². The summed E-state index contributed by atoms with van der Waals surface area (Å²) in [5.41, 5.74) is -0.0532. The molecule has 0 bridgehead atoms. The Hall–Kier alpha value is -1.18. The third kappa shape index (κ3) is 11.6. The van der Waals surface area contributed by atoms with Gasteiger partial charge in [0.1, 0.15) is 0 Å². The highest BCUT2D eigenvalue weighted by Crippen LogP contribution is 1.67. The smallest absolute Gasteiger partial charge is 0.329 e. The predicted octanol–water partition coefficient (Wildman–Crippen LogP) is -0.278. The van der Waals surface area contributed by atoms with E-state index in [9.17, 15) is 4.79 Å². The van der Waals surface area contributed by atoms with Gasteiger partial charge in [-0.05, 0) is 6.07 Å². The van der Waals surface area contributed by atoms with Crippen molar-refractivity contribution in [3.05, 3.63) is 34.7 Å². The van der Waals surface area contributed by atoms with Crippen LogP contribution in [0.25, 0.3) is 0 Å². The second kappa shape index (κ2) is 4.65. The molecule has 0 aliphatic carbocycles. The highest BCUT2D eigenvalue weighted by Gasteiger charge is 1.84. The van der Waals surface area contributed by atoms with Gasteiger partial charge in [-0.15, -0.1) is 0 Å². The molecule has 0 saturated carbocycles. The Bertz CT molecular complexity index is 342. The summed E-state index contributed by atoms with van der Waals surface area (Å²) in [5.74, 6) is 0. The fourth-order valence-electron chi connectivity index (χ4n) is 0.377. The van der Waals surface area contributed by atoms with Gasteiger partial charge in [0.05, 0.1) is 0 Å². The van der Waals surface area contributed by atoms with E-state index in [0.717, 1.165) is 0 Å². The molecular weight excluding hydrogens is 186 g/mol. The van der Waals surface area contributed by atoms with Crippen LogP contribution in [0, 0.1) is 0 Å². The van der Waals surface area contributed by atoms with Crippen LogP contribution >= 0.6 is 0 Å². The van der Waals surface area contributed by atoms with E-state index in [1.54, 1.807) is 18.3 Å². The Labute approximate surface area is 68.5 Å². The van der Waals surface area contributed by atoms with Gasteiger partial charge >= 0.3 is 10.4 Å². The van der Waals surface area contributed by atoms with Gasteiger partial charge in [-0.1, -0.05) is 6.07 Å². The van der Waals surface area contributed by atoms with Gasteiger partial charge in [0.2, 0.25) is 5.56 Å². The van der Waals surface area contributed by atoms with Crippen LogP contribution in [-0.4, -0.2) is 22.5 Å². The van der Waals surface area contributed by atoms with Gasteiger partial charge in [-0.2, -0.15) is 8.42 Å². The first-order chi connectivity index (χ1) is 5.39. The number of aromatic amines is 1. The Morgan fingerprint density at radius 1 is 1.25 bits per heavy atom. The van der Waals surface area contributed by atoms with Gasteiger partial charge in [-0.3, -0.25) is 13.9 Å². The summed E-state index contributed by atoms with van der Waals surface area (Å²) in [7, 11) is -4.67. The molecule has 1 aromatic rings. The maximum atomic E-state index is 10.2. The van der Waals surface area contributed by atoms with Crippen molar-refractivity contribution in [3.8, 4) is 0 Å². The zero-order chi connectivity index (χ0) is 9.61. The van der Waals surface area contributed by atoms with Crippen LogP contribution in [0.3, 0.4) is 0 Å². The number of hydrogen-bond acceptors (Lipinski definition) is 3. The van der Waals surface area contributed by atoms with Gasteiger partial charge in [0, 0.05) is 12.3 Å². The quantitative estimate of drug-likeness (QED) is 0.491.